The topological polar surface area (TPSA) is 147 Å². The maximum absolute atomic E-state index is 13.5. The zero-order valence-electron chi connectivity index (χ0n) is 20.3. The van der Waals surface area contributed by atoms with Gasteiger partial charge < -0.3 is 19.3 Å². The van der Waals surface area contributed by atoms with Gasteiger partial charge in [0.1, 0.15) is 11.5 Å². The molecule has 0 aliphatic heterocycles. The highest BCUT2D eigenvalue weighted by Crippen LogP contribution is 2.55. The van der Waals surface area contributed by atoms with Crippen LogP contribution in [0.5, 0.6) is 23.0 Å². The third kappa shape index (κ3) is 2.65. The van der Waals surface area contributed by atoms with Crippen molar-refractivity contribution in [3.63, 3.8) is 0 Å². The first kappa shape index (κ1) is 22.9. The predicted molar refractivity (Wildman–Crippen MR) is 141 cm³/mol. The van der Waals surface area contributed by atoms with E-state index < -0.39 is 10.9 Å². The maximum Gasteiger partial charge on any atom is 0.194 e. The van der Waals surface area contributed by atoms with Crippen LogP contribution in [0.1, 0.15) is 18.1 Å². The Morgan fingerprint density at radius 2 is 1.30 bits per heavy atom. The van der Waals surface area contributed by atoms with Gasteiger partial charge in [-0.25, -0.2) is 0 Å². The van der Waals surface area contributed by atoms with E-state index in [1.165, 1.54) is 33.5 Å². The number of rotatable bonds is 5. The fourth-order valence-electron chi connectivity index (χ4n) is 5.98. The second-order valence-electron chi connectivity index (χ2n) is 9.07. The van der Waals surface area contributed by atoms with Crippen molar-refractivity contribution >= 4 is 60.5 Å². The Morgan fingerprint density at radius 1 is 0.730 bits per heavy atom. The molecule has 0 aromatic heterocycles. The van der Waals surface area contributed by atoms with Gasteiger partial charge in [-0.3, -0.25) is 31.0 Å². The van der Waals surface area contributed by atoms with E-state index in [0.29, 0.717) is 49.9 Å². The Hall–Kier alpha value is -4.54. The molecule has 0 unspecified atom stereocenters. The molecular formula is C27H22N2O8. The second kappa shape index (κ2) is 7.73. The van der Waals surface area contributed by atoms with Crippen LogP contribution in [0.3, 0.4) is 0 Å². The molecule has 0 radical (unpaired) electrons. The first-order chi connectivity index (χ1) is 17.8. The van der Waals surface area contributed by atoms with Gasteiger partial charge in [-0.2, -0.15) is 0 Å². The van der Waals surface area contributed by atoms with Gasteiger partial charge in [-0.15, -0.1) is 0 Å². The summed E-state index contributed by atoms with van der Waals surface area (Å²) in [5.74, 6) is 0.293. The van der Waals surface area contributed by atoms with Crippen molar-refractivity contribution in [3.05, 3.63) is 49.3 Å². The number of hydrogen-bond donors (Lipinski definition) is 5. The van der Waals surface area contributed by atoms with Crippen molar-refractivity contribution in [2.75, 3.05) is 32.3 Å². The average molecular weight is 502 g/mol. The summed E-state index contributed by atoms with van der Waals surface area (Å²) >= 11 is 0. The van der Waals surface area contributed by atoms with Crippen LogP contribution in [0.15, 0.2) is 27.3 Å². The first-order valence-corrected chi connectivity index (χ1v) is 11.4. The fourth-order valence-corrected chi connectivity index (χ4v) is 5.98. The molecule has 37 heavy (non-hydrogen) atoms. The van der Waals surface area contributed by atoms with E-state index in [0.717, 1.165) is 5.57 Å². The molecule has 1 aliphatic rings. The van der Waals surface area contributed by atoms with E-state index in [1.807, 2.05) is 13.0 Å². The Bertz CT molecular complexity index is 1950. The SMILES string of the molecule is COc1c(O)c2c(=O)cc(OC)c3c4c(OC)cc(=O)c5c(NO)c(NO)c6c(c(c1CC(C)=C6)c23)c54. The van der Waals surface area contributed by atoms with Gasteiger partial charge in [0.15, 0.2) is 22.4 Å². The van der Waals surface area contributed by atoms with E-state index in [-0.39, 0.29) is 45.1 Å². The van der Waals surface area contributed by atoms with Gasteiger partial charge in [0.05, 0.1) is 43.5 Å². The van der Waals surface area contributed by atoms with Crippen molar-refractivity contribution in [1.82, 2.24) is 0 Å². The summed E-state index contributed by atoms with van der Waals surface area (Å²) < 4.78 is 16.9. The molecular weight excluding hydrogens is 480 g/mol. The van der Waals surface area contributed by atoms with Gasteiger partial charge >= 0.3 is 0 Å². The smallest absolute Gasteiger partial charge is 0.194 e. The van der Waals surface area contributed by atoms with Crippen LogP contribution in [-0.4, -0.2) is 36.9 Å². The fraction of sp³-hybridized carbons (Fsp3) is 0.185. The van der Waals surface area contributed by atoms with Gasteiger partial charge in [0, 0.05) is 50.2 Å². The van der Waals surface area contributed by atoms with Crippen LogP contribution in [0.25, 0.3) is 49.2 Å². The zero-order chi connectivity index (χ0) is 26.3. The van der Waals surface area contributed by atoms with Gasteiger partial charge in [0.2, 0.25) is 0 Å². The van der Waals surface area contributed by atoms with E-state index in [4.69, 9.17) is 14.2 Å². The van der Waals surface area contributed by atoms with E-state index >= 15 is 0 Å². The maximum atomic E-state index is 13.5. The predicted octanol–water partition coefficient (Wildman–Crippen LogP) is 4.19. The number of phenols is 1. The molecule has 0 bridgehead atoms. The number of aromatic hydroxyl groups is 1. The molecule has 0 saturated carbocycles. The molecule has 0 spiro atoms. The summed E-state index contributed by atoms with van der Waals surface area (Å²) in [5.41, 5.74) is 5.21. The quantitative estimate of drug-likeness (QED) is 0.135. The highest BCUT2D eigenvalue weighted by molar-refractivity contribution is 6.40. The molecule has 5 N–H and O–H groups in total. The van der Waals surface area contributed by atoms with Crippen molar-refractivity contribution in [2.45, 2.75) is 13.3 Å². The molecule has 1 aliphatic carbocycles. The molecule has 0 saturated heterocycles. The molecule has 0 amide bonds. The standard InChI is InChI=1S/C27H22N2O8/c1-9-5-10-16-17-11(6-9)27(37-4)26(32)19-13(31)8-15(36-3)21(23(17)19)20-14(35-2)7-12(30)18(22(16)20)25(29-34)24(10)28-33/h5,7-8,28-29,32-34H,6H2,1-4H3. The number of ether oxygens (including phenoxy) is 3. The Morgan fingerprint density at radius 3 is 1.84 bits per heavy atom. The van der Waals surface area contributed by atoms with E-state index in [2.05, 4.69) is 11.0 Å². The normalized spacial score (nSPS) is 13.0. The van der Waals surface area contributed by atoms with Crippen LogP contribution in [0.2, 0.25) is 0 Å². The zero-order valence-corrected chi connectivity index (χ0v) is 20.3. The Balaban J connectivity index is 2.19. The summed E-state index contributed by atoms with van der Waals surface area (Å²) in [5, 5.41) is 34.6. The largest absolute Gasteiger partial charge is 0.504 e. The van der Waals surface area contributed by atoms with E-state index in [1.54, 1.807) is 0 Å². The van der Waals surface area contributed by atoms with Crippen molar-refractivity contribution in [2.24, 2.45) is 0 Å². The number of anilines is 2. The molecule has 10 heteroatoms. The summed E-state index contributed by atoms with van der Waals surface area (Å²) in [6.07, 6.45) is 2.15. The van der Waals surface area contributed by atoms with Crippen LogP contribution >= 0.6 is 0 Å². The number of phenolic OH excluding ortho intramolecular Hbond substituents is 1. The van der Waals surface area contributed by atoms with Crippen LogP contribution in [-0.2, 0) is 6.42 Å². The van der Waals surface area contributed by atoms with Crippen LogP contribution in [0.4, 0.5) is 11.4 Å². The van der Waals surface area contributed by atoms with Gasteiger partial charge in [-0.1, -0.05) is 11.6 Å². The average Bonchev–Trinajstić information content (AvgIpc) is 3.03. The number of methoxy groups -OCH3 is 3. The summed E-state index contributed by atoms with van der Waals surface area (Å²) in [4.78, 5) is 26.8. The van der Waals surface area contributed by atoms with Gasteiger partial charge in [-0.05, 0) is 18.7 Å². The second-order valence-corrected chi connectivity index (χ2v) is 9.07. The lowest BCUT2D eigenvalue weighted by Crippen LogP contribution is -2.12. The Labute approximate surface area is 208 Å². The summed E-state index contributed by atoms with van der Waals surface area (Å²) in [7, 11) is 4.26. The lowest BCUT2D eigenvalue weighted by Gasteiger charge is -2.24. The molecule has 10 nitrogen and oxygen atoms in total. The van der Waals surface area contributed by atoms with Gasteiger partial charge in [0.25, 0.3) is 0 Å². The number of nitrogens with one attached hydrogen (secondary N) is 2. The molecule has 5 aromatic carbocycles. The van der Waals surface area contributed by atoms with Crippen molar-refractivity contribution < 1.29 is 29.7 Å². The monoisotopic (exact) mass is 502 g/mol. The van der Waals surface area contributed by atoms with Crippen LogP contribution in [0, 0.1) is 0 Å². The molecule has 0 heterocycles. The number of benzene rings is 5. The Kier molecular flexibility index (Phi) is 4.78. The molecule has 6 rings (SSSR count). The lowest BCUT2D eigenvalue weighted by atomic mass is 9.83. The minimum absolute atomic E-state index is 0.0255. The van der Waals surface area contributed by atoms with Crippen LogP contribution < -0.4 is 36.0 Å². The third-order valence-electron chi connectivity index (χ3n) is 7.29. The molecule has 0 fully saturated rings. The molecule has 0 atom stereocenters. The summed E-state index contributed by atoms with van der Waals surface area (Å²) in [6, 6.07) is 2.55. The van der Waals surface area contributed by atoms with Crippen molar-refractivity contribution in [3.8, 4) is 23.0 Å². The number of allylic oxidation sites excluding steroid dienone is 1. The molecule has 5 aromatic rings. The minimum Gasteiger partial charge on any atom is -0.504 e. The summed E-state index contributed by atoms with van der Waals surface area (Å²) in [6.45, 7) is 1.87. The first-order valence-electron chi connectivity index (χ1n) is 11.4. The molecule has 188 valence electrons. The number of fused-ring (bicyclic) bond motifs is 1. The van der Waals surface area contributed by atoms with E-state index in [9.17, 15) is 25.1 Å². The van der Waals surface area contributed by atoms with Crippen molar-refractivity contribution in [1.29, 1.82) is 0 Å². The number of hydrogen-bond acceptors (Lipinski definition) is 10. The third-order valence-corrected chi connectivity index (χ3v) is 7.29. The lowest BCUT2D eigenvalue weighted by molar-refractivity contribution is 0.373. The highest BCUT2D eigenvalue weighted by Gasteiger charge is 2.32. The minimum atomic E-state index is -0.474. The highest BCUT2D eigenvalue weighted by atomic mass is 16.5.